The molecule has 1 saturated heterocycles. The minimum absolute atomic E-state index is 0.108. The lowest BCUT2D eigenvalue weighted by Crippen LogP contribution is -2.65. The highest BCUT2D eigenvalue weighted by molar-refractivity contribution is 6.19. The van der Waals surface area contributed by atoms with Gasteiger partial charge in [0.05, 0.1) is 0 Å². The second-order valence-electron chi connectivity index (χ2n) is 5.19. The van der Waals surface area contributed by atoms with Crippen LogP contribution in [0.25, 0.3) is 0 Å². The van der Waals surface area contributed by atoms with Crippen LogP contribution in [0.2, 0.25) is 0 Å². The van der Waals surface area contributed by atoms with E-state index in [1.807, 2.05) is 13.8 Å². The Bertz CT molecular complexity index is 382. The average Bonchev–Trinajstić information content (AvgIpc) is 2.83. The highest BCUT2D eigenvalue weighted by Crippen LogP contribution is 2.42. The molecule has 2 fully saturated rings. The van der Waals surface area contributed by atoms with Crippen LogP contribution in [0.5, 0.6) is 0 Å². The molecule has 5 heteroatoms. The van der Waals surface area contributed by atoms with Crippen molar-refractivity contribution in [3.8, 4) is 0 Å². The molecule has 0 aromatic rings. The number of amides is 4. The average molecular weight is 252 g/mol. The molecule has 0 aromatic heterocycles. The van der Waals surface area contributed by atoms with Gasteiger partial charge in [0.15, 0.2) is 0 Å². The monoisotopic (exact) mass is 252 g/mol. The first kappa shape index (κ1) is 13.1. The summed E-state index contributed by atoms with van der Waals surface area (Å²) in [5.74, 6) is -0.667. The van der Waals surface area contributed by atoms with Crippen LogP contribution in [0.15, 0.2) is 0 Å². The van der Waals surface area contributed by atoms with Gasteiger partial charge in [-0.1, -0.05) is 26.7 Å². The Morgan fingerprint density at radius 1 is 1.17 bits per heavy atom. The van der Waals surface area contributed by atoms with Crippen molar-refractivity contribution in [2.24, 2.45) is 5.41 Å². The van der Waals surface area contributed by atoms with Gasteiger partial charge >= 0.3 is 6.03 Å². The van der Waals surface area contributed by atoms with Crippen LogP contribution in [0, 0.1) is 5.41 Å². The number of nitrogens with one attached hydrogen (secondary N) is 1. The topological polar surface area (TPSA) is 66.5 Å². The summed E-state index contributed by atoms with van der Waals surface area (Å²) >= 11 is 0. The minimum Gasteiger partial charge on any atom is -0.277 e. The van der Waals surface area contributed by atoms with Gasteiger partial charge in [-0.3, -0.25) is 19.8 Å². The van der Waals surface area contributed by atoms with Crippen molar-refractivity contribution in [1.29, 1.82) is 0 Å². The standard InChI is InChI=1S/C13H20N2O3/c1-3-9(4-2)15-11(17)13(7-5-6-8-13)10(16)14-12(15)18/h9H,3-8H2,1-2H3,(H,14,16,18). The Morgan fingerprint density at radius 3 is 2.22 bits per heavy atom. The highest BCUT2D eigenvalue weighted by atomic mass is 16.2. The van der Waals surface area contributed by atoms with E-state index in [4.69, 9.17) is 0 Å². The maximum Gasteiger partial charge on any atom is 0.331 e. The van der Waals surface area contributed by atoms with Crippen molar-refractivity contribution >= 4 is 17.8 Å². The zero-order valence-electron chi connectivity index (χ0n) is 11.0. The molecule has 1 spiro atoms. The first-order valence-electron chi connectivity index (χ1n) is 6.76. The molecule has 1 heterocycles. The SMILES string of the molecule is CCC(CC)N1C(=O)NC(=O)C2(CCCC2)C1=O. The number of imide groups is 2. The van der Waals surface area contributed by atoms with Crippen LogP contribution in [-0.2, 0) is 9.59 Å². The van der Waals surface area contributed by atoms with E-state index in [0.717, 1.165) is 25.7 Å². The van der Waals surface area contributed by atoms with Gasteiger partial charge in [-0.2, -0.15) is 0 Å². The van der Waals surface area contributed by atoms with Gasteiger partial charge < -0.3 is 0 Å². The van der Waals surface area contributed by atoms with Crippen molar-refractivity contribution in [2.45, 2.75) is 58.4 Å². The molecule has 18 heavy (non-hydrogen) atoms. The van der Waals surface area contributed by atoms with E-state index in [1.54, 1.807) is 0 Å². The van der Waals surface area contributed by atoms with E-state index in [1.165, 1.54) is 4.90 Å². The van der Waals surface area contributed by atoms with Gasteiger partial charge in [-0.25, -0.2) is 4.79 Å². The third kappa shape index (κ3) is 1.72. The van der Waals surface area contributed by atoms with E-state index in [2.05, 4.69) is 5.32 Å². The summed E-state index contributed by atoms with van der Waals surface area (Å²) < 4.78 is 0. The molecular weight excluding hydrogens is 232 g/mol. The van der Waals surface area contributed by atoms with Crippen LogP contribution in [-0.4, -0.2) is 28.8 Å². The minimum atomic E-state index is -0.962. The number of hydrogen-bond donors (Lipinski definition) is 1. The number of hydrogen-bond acceptors (Lipinski definition) is 3. The zero-order chi connectivity index (χ0) is 13.3. The van der Waals surface area contributed by atoms with Crippen molar-refractivity contribution in [1.82, 2.24) is 10.2 Å². The normalized spacial score (nSPS) is 23.1. The van der Waals surface area contributed by atoms with E-state index >= 15 is 0 Å². The van der Waals surface area contributed by atoms with Crippen LogP contribution in [0.4, 0.5) is 4.79 Å². The Kier molecular flexibility index (Phi) is 3.41. The third-order valence-corrected chi connectivity index (χ3v) is 4.27. The van der Waals surface area contributed by atoms with Crippen LogP contribution in [0.3, 0.4) is 0 Å². The predicted molar refractivity (Wildman–Crippen MR) is 65.7 cm³/mol. The molecule has 0 atom stereocenters. The zero-order valence-corrected chi connectivity index (χ0v) is 11.0. The summed E-state index contributed by atoms with van der Waals surface area (Å²) in [6.45, 7) is 3.90. The lowest BCUT2D eigenvalue weighted by Gasteiger charge is -2.40. The number of carbonyl (C=O) groups is 3. The summed E-state index contributed by atoms with van der Waals surface area (Å²) in [7, 11) is 0. The van der Waals surface area contributed by atoms with Crippen LogP contribution in [0.1, 0.15) is 52.4 Å². The first-order chi connectivity index (χ1) is 8.56. The van der Waals surface area contributed by atoms with Crippen molar-refractivity contribution < 1.29 is 14.4 Å². The quantitative estimate of drug-likeness (QED) is 0.779. The molecule has 0 unspecified atom stereocenters. The van der Waals surface area contributed by atoms with E-state index < -0.39 is 17.4 Å². The number of rotatable bonds is 3. The molecule has 0 bridgehead atoms. The molecule has 0 radical (unpaired) electrons. The van der Waals surface area contributed by atoms with E-state index in [9.17, 15) is 14.4 Å². The summed E-state index contributed by atoms with van der Waals surface area (Å²) in [6, 6.07) is -0.653. The lowest BCUT2D eigenvalue weighted by molar-refractivity contribution is -0.152. The predicted octanol–water partition coefficient (Wildman–Crippen LogP) is 1.81. The van der Waals surface area contributed by atoms with Crippen molar-refractivity contribution in [3.63, 3.8) is 0 Å². The summed E-state index contributed by atoms with van der Waals surface area (Å²) in [5.41, 5.74) is -0.962. The van der Waals surface area contributed by atoms with Gasteiger partial charge in [0.2, 0.25) is 11.8 Å². The van der Waals surface area contributed by atoms with Gasteiger partial charge in [-0.15, -0.1) is 0 Å². The van der Waals surface area contributed by atoms with Crippen LogP contribution < -0.4 is 5.32 Å². The molecule has 4 amide bonds. The number of nitrogens with zero attached hydrogens (tertiary/aromatic N) is 1. The number of urea groups is 1. The first-order valence-corrected chi connectivity index (χ1v) is 6.76. The largest absolute Gasteiger partial charge is 0.331 e. The molecule has 5 nitrogen and oxygen atoms in total. The van der Waals surface area contributed by atoms with Crippen LogP contribution >= 0.6 is 0 Å². The molecule has 1 N–H and O–H groups in total. The van der Waals surface area contributed by atoms with E-state index in [-0.39, 0.29) is 11.9 Å². The lowest BCUT2D eigenvalue weighted by atomic mass is 9.81. The molecule has 1 saturated carbocycles. The Labute approximate surface area is 107 Å². The molecule has 1 aliphatic carbocycles. The molecule has 1 aliphatic heterocycles. The maximum absolute atomic E-state index is 12.6. The maximum atomic E-state index is 12.6. The fourth-order valence-corrected chi connectivity index (χ4v) is 3.10. The molecule has 0 aromatic carbocycles. The Morgan fingerprint density at radius 2 is 1.72 bits per heavy atom. The fraction of sp³-hybridized carbons (Fsp3) is 0.769. The van der Waals surface area contributed by atoms with Gasteiger partial charge in [-0.05, 0) is 25.7 Å². The smallest absolute Gasteiger partial charge is 0.277 e. The number of barbiturate groups is 1. The summed E-state index contributed by atoms with van der Waals surface area (Å²) in [6.07, 6.45) is 4.34. The van der Waals surface area contributed by atoms with E-state index in [0.29, 0.717) is 12.8 Å². The fourth-order valence-electron chi connectivity index (χ4n) is 3.10. The molecule has 100 valence electrons. The van der Waals surface area contributed by atoms with Crippen molar-refractivity contribution in [2.75, 3.05) is 0 Å². The number of carbonyl (C=O) groups excluding carboxylic acids is 3. The second kappa shape index (κ2) is 4.71. The molecule has 2 rings (SSSR count). The Hall–Kier alpha value is -1.39. The van der Waals surface area contributed by atoms with Gasteiger partial charge in [0, 0.05) is 6.04 Å². The summed E-state index contributed by atoms with van der Waals surface area (Å²) in [4.78, 5) is 37.8. The van der Waals surface area contributed by atoms with Crippen molar-refractivity contribution in [3.05, 3.63) is 0 Å². The second-order valence-corrected chi connectivity index (χ2v) is 5.19. The third-order valence-electron chi connectivity index (χ3n) is 4.27. The molecular formula is C13H20N2O3. The molecule has 2 aliphatic rings. The van der Waals surface area contributed by atoms with Gasteiger partial charge in [0.1, 0.15) is 5.41 Å². The Balaban J connectivity index is 2.33. The highest BCUT2D eigenvalue weighted by Gasteiger charge is 2.55. The van der Waals surface area contributed by atoms with Gasteiger partial charge in [0.25, 0.3) is 0 Å². The summed E-state index contributed by atoms with van der Waals surface area (Å²) in [5, 5.41) is 2.37.